The second-order valence-corrected chi connectivity index (χ2v) is 4.73. The van der Waals surface area contributed by atoms with Crippen molar-refractivity contribution < 1.29 is 0 Å². The van der Waals surface area contributed by atoms with Crippen LogP contribution in [0.4, 0.5) is 23.1 Å². The maximum Gasteiger partial charge on any atom is 0.160 e. The molecule has 1 unspecified atom stereocenters. The van der Waals surface area contributed by atoms with Gasteiger partial charge in [0.05, 0.1) is 0 Å². The minimum absolute atomic E-state index is 0.302. The Balaban J connectivity index is 2.25. The third kappa shape index (κ3) is 3.14. The highest BCUT2D eigenvalue weighted by molar-refractivity contribution is 5.77. The van der Waals surface area contributed by atoms with Gasteiger partial charge in [-0.3, -0.25) is 0 Å². The highest BCUT2D eigenvalue weighted by atomic mass is 15.1. The van der Waals surface area contributed by atoms with E-state index in [-0.39, 0.29) is 0 Å². The normalized spacial score (nSPS) is 11.9. The van der Waals surface area contributed by atoms with Crippen LogP contribution in [0, 0.1) is 6.92 Å². The number of anilines is 4. The van der Waals surface area contributed by atoms with E-state index in [9.17, 15) is 0 Å². The van der Waals surface area contributed by atoms with Gasteiger partial charge >= 0.3 is 0 Å². The molecule has 2 aromatic heterocycles. The fraction of sp³-hybridized carbons (Fsp3) is 0.357. The summed E-state index contributed by atoms with van der Waals surface area (Å²) in [4.78, 5) is 12.6. The first-order chi connectivity index (χ1) is 9.61. The van der Waals surface area contributed by atoms with Crippen LogP contribution in [0.5, 0.6) is 0 Å². The Kier molecular flexibility index (Phi) is 4.34. The van der Waals surface area contributed by atoms with Gasteiger partial charge < -0.3 is 16.4 Å². The van der Waals surface area contributed by atoms with Gasteiger partial charge in [0, 0.05) is 12.2 Å². The van der Waals surface area contributed by atoms with Crippen molar-refractivity contribution in [3.8, 4) is 0 Å². The molecule has 2 aromatic rings. The standard InChI is InChI=1S/C14H20N6/c1-4-10(3)19-13-11(15)14(18-8-17-13)20-12-9(2)6-5-7-16-12/h5-8,10H,4,15H2,1-3H3,(H2,16,17,18,19,20). The summed E-state index contributed by atoms with van der Waals surface area (Å²) >= 11 is 0. The molecule has 106 valence electrons. The van der Waals surface area contributed by atoms with Gasteiger partial charge in [-0.2, -0.15) is 0 Å². The molecular weight excluding hydrogens is 252 g/mol. The molecular formula is C14H20N6. The van der Waals surface area contributed by atoms with Crippen molar-refractivity contribution in [2.24, 2.45) is 0 Å². The number of nitrogens with two attached hydrogens (primary N) is 1. The summed E-state index contributed by atoms with van der Waals surface area (Å²) in [5.74, 6) is 1.95. The summed E-state index contributed by atoms with van der Waals surface area (Å²) in [5.41, 5.74) is 7.63. The Morgan fingerprint density at radius 1 is 1.20 bits per heavy atom. The number of nitrogens with one attached hydrogen (secondary N) is 2. The zero-order valence-corrected chi connectivity index (χ0v) is 12.0. The van der Waals surface area contributed by atoms with E-state index in [0.29, 0.717) is 23.4 Å². The molecule has 4 N–H and O–H groups in total. The van der Waals surface area contributed by atoms with Gasteiger partial charge in [0.25, 0.3) is 0 Å². The molecule has 6 nitrogen and oxygen atoms in total. The molecule has 0 bridgehead atoms. The SMILES string of the molecule is CCC(C)Nc1ncnc(Nc2ncccc2C)c1N. The summed E-state index contributed by atoms with van der Waals surface area (Å²) in [6.07, 6.45) is 4.21. The molecule has 0 aliphatic carbocycles. The van der Waals surface area contributed by atoms with Crippen molar-refractivity contribution in [3.05, 3.63) is 30.2 Å². The number of pyridine rings is 1. The van der Waals surface area contributed by atoms with Crippen LogP contribution in [0.25, 0.3) is 0 Å². The fourth-order valence-electron chi connectivity index (χ4n) is 1.67. The quantitative estimate of drug-likeness (QED) is 0.775. The van der Waals surface area contributed by atoms with E-state index in [1.807, 2.05) is 19.1 Å². The minimum atomic E-state index is 0.302. The van der Waals surface area contributed by atoms with E-state index < -0.39 is 0 Å². The molecule has 2 rings (SSSR count). The van der Waals surface area contributed by atoms with Gasteiger partial charge in [-0.15, -0.1) is 0 Å². The number of rotatable bonds is 5. The largest absolute Gasteiger partial charge is 0.393 e. The van der Waals surface area contributed by atoms with Crippen LogP contribution in [0.2, 0.25) is 0 Å². The van der Waals surface area contributed by atoms with E-state index in [1.165, 1.54) is 6.33 Å². The van der Waals surface area contributed by atoms with Crippen molar-refractivity contribution in [1.29, 1.82) is 0 Å². The van der Waals surface area contributed by atoms with E-state index in [1.54, 1.807) is 6.20 Å². The Morgan fingerprint density at radius 2 is 1.95 bits per heavy atom. The first kappa shape index (κ1) is 14.0. The van der Waals surface area contributed by atoms with Gasteiger partial charge in [0.1, 0.15) is 17.8 Å². The van der Waals surface area contributed by atoms with Crippen LogP contribution >= 0.6 is 0 Å². The Morgan fingerprint density at radius 3 is 2.65 bits per heavy atom. The average molecular weight is 272 g/mol. The van der Waals surface area contributed by atoms with Gasteiger partial charge in [-0.1, -0.05) is 13.0 Å². The number of hydrogen-bond acceptors (Lipinski definition) is 6. The van der Waals surface area contributed by atoms with Crippen LogP contribution in [-0.2, 0) is 0 Å². The molecule has 0 fully saturated rings. The van der Waals surface area contributed by atoms with Crippen LogP contribution in [0.1, 0.15) is 25.8 Å². The molecule has 20 heavy (non-hydrogen) atoms. The molecule has 0 radical (unpaired) electrons. The second kappa shape index (κ2) is 6.18. The highest BCUT2D eigenvalue weighted by Gasteiger charge is 2.11. The predicted molar refractivity (Wildman–Crippen MR) is 82.1 cm³/mol. The van der Waals surface area contributed by atoms with Crippen molar-refractivity contribution in [1.82, 2.24) is 15.0 Å². The molecule has 0 saturated heterocycles. The molecule has 0 aliphatic heterocycles. The second-order valence-electron chi connectivity index (χ2n) is 4.73. The van der Waals surface area contributed by atoms with Crippen LogP contribution < -0.4 is 16.4 Å². The monoisotopic (exact) mass is 272 g/mol. The van der Waals surface area contributed by atoms with Gasteiger partial charge in [0.15, 0.2) is 11.6 Å². The average Bonchev–Trinajstić information content (AvgIpc) is 2.45. The van der Waals surface area contributed by atoms with Gasteiger partial charge in [-0.05, 0) is 31.9 Å². The van der Waals surface area contributed by atoms with Crippen LogP contribution in [0.3, 0.4) is 0 Å². The van der Waals surface area contributed by atoms with Crippen LogP contribution in [-0.4, -0.2) is 21.0 Å². The van der Waals surface area contributed by atoms with Gasteiger partial charge in [-0.25, -0.2) is 15.0 Å². The third-order valence-corrected chi connectivity index (χ3v) is 3.13. The number of nitrogens with zero attached hydrogens (tertiary/aromatic N) is 3. The first-order valence-electron chi connectivity index (χ1n) is 6.67. The maximum atomic E-state index is 6.11. The van der Waals surface area contributed by atoms with Gasteiger partial charge in [0.2, 0.25) is 0 Å². The summed E-state index contributed by atoms with van der Waals surface area (Å²) in [5, 5.41) is 6.41. The smallest absolute Gasteiger partial charge is 0.160 e. The number of nitrogen functional groups attached to an aromatic ring is 1. The van der Waals surface area contributed by atoms with E-state index >= 15 is 0 Å². The molecule has 0 saturated carbocycles. The maximum absolute atomic E-state index is 6.11. The number of aromatic nitrogens is 3. The Labute approximate surface area is 118 Å². The number of aryl methyl sites for hydroxylation is 1. The van der Waals surface area contributed by atoms with E-state index in [0.717, 1.165) is 17.8 Å². The first-order valence-corrected chi connectivity index (χ1v) is 6.67. The molecule has 0 aliphatic rings. The lowest BCUT2D eigenvalue weighted by molar-refractivity contribution is 0.759. The van der Waals surface area contributed by atoms with Crippen molar-refractivity contribution in [2.45, 2.75) is 33.2 Å². The summed E-state index contributed by atoms with van der Waals surface area (Å²) < 4.78 is 0. The fourth-order valence-corrected chi connectivity index (χ4v) is 1.67. The lowest BCUT2D eigenvalue weighted by Crippen LogP contribution is -2.16. The lowest BCUT2D eigenvalue weighted by atomic mass is 10.2. The Hall–Kier alpha value is -2.37. The van der Waals surface area contributed by atoms with Crippen molar-refractivity contribution in [2.75, 3.05) is 16.4 Å². The molecule has 6 heteroatoms. The number of hydrogen-bond donors (Lipinski definition) is 3. The molecule has 0 spiro atoms. The molecule has 0 aromatic carbocycles. The van der Waals surface area contributed by atoms with E-state index in [4.69, 9.17) is 5.73 Å². The zero-order valence-electron chi connectivity index (χ0n) is 12.0. The topological polar surface area (TPSA) is 88.8 Å². The van der Waals surface area contributed by atoms with Crippen molar-refractivity contribution >= 4 is 23.1 Å². The highest BCUT2D eigenvalue weighted by Crippen LogP contribution is 2.26. The lowest BCUT2D eigenvalue weighted by Gasteiger charge is -2.16. The van der Waals surface area contributed by atoms with Crippen molar-refractivity contribution in [3.63, 3.8) is 0 Å². The Bertz CT molecular complexity index is 584. The van der Waals surface area contributed by atoms with Crippen LogP contribution in [0.15, 0.2) is 24.7 Å². The molecule has 0 amide bonds. The zero-order chi connectivity index (χ0) is 14.5. The third-order valence-electron chi connectivity index (χ3n) is 3.13. The minimum Gasteiger partial charge on any atom is -0.393 e. The summed E-state index contributed by atoms with van der Waals surface area (Å²) in [7, 11) is 0. The van der Waals surface area contributed by atoms with E-state index in [2.05, 4.69) is 39.4 Å². The predicted octanol–water partition coefficient (Wildman–Crippen LogP) is 2.72. The molecule has 1 atom stereocenters. The summed E-state index contributed by atoms with van der Waals surface area (Å²) in [6, 6.07) is 4.17. The summed E-state index contributed by atoms with van der Waals surface area (Å²) in [6.45, 7) is 6.16. The molecule has 2 heterocycles.